The molecule has 5 rings (SSSR count). The van der Waals surface area contributed by atoms with Crippen LogP contribution in [0.2, 0.25) is 0 Å². The number of fused-ring (bicyclic) bond motifs is 1. The quantitative estimate of drug-likeness (QED) is 0.248. The minimum atomic E-state index is -0.235. The molecular formula is C32H29FN2O. The number of para-hydroxylation sites is 1. The molecule has 0 bridgehead atoms. The third kappa shape index (κ3) is 5.72. The number of carbonyl (C=O) groups is 1. The molecular weight excluding hydrogens is 447 g/mol. The molecule has 0 aliphatic heterocycles. The van der Waals surface area contributed by atoms with Crippen LogP contribution in [0.5, 0.6) is 0 Å². The van der Waals surface area contributed by atoms with Gasteiger partial charge >= 0.3 is 0 Å². The van der Waals surface area contributed by atoms with Gasteiger partial charge in [0.15, 0.2) is 0 Å². The van der Waals surface area contributed by atoms with Crippen molar-refractivity contribution < 1.29 is 9.18 Å². The largest absolute Gasteiger partial charge is 0.352 e. The van der Waals surface area contributed by atoms with Crippen LogP contribution in [0.15, 0.2) is 115 Å². The molecule has 0 fully saturated rings. The fourth-order valence-electron chi connectivity index (χ4n) is 4.80. The molecule has 5 aromatic rings. The van der Waals surface area contributed by atoms with E-state index < -0.39 is 0 Å². The monoisotopic (exact) mass is 476 g/mol. The first kappa shape index (κ1) is 23.6. The Bertz CT molecular complexity index is 1430. The maximum Gasteiger partial charge on any atom is 0.220 e. The zero-order valence-corrected chi connectivity index (χ0v) is 20.1. The molecule has 1 heterocycles. The van der Waals surface area contributed by atoms with Gasteiger partial charge in [-0.1, -0.05) is 91.0 Å². The summed E-state index contributed by atoms with van der Waals surface area (Å²) < 4.78 is 15.6. The van der Waals surface area contributed by atoms with Crippen LogP contribution in [0.3, 0.4) is 0 Å². The Hall–Kier alpha value is -4.18. The van der Waals surface area contributed by atoms with Crippen molar-refractivity contribution in [2.75, 3.05) is 0 Å². The average molecular weight is 477 g/mol. The molecule has 0 spiro atoms. The summed E-state index contributed by atoms with van der Waals surface area (Å²) in [5, 5.41) is 4.25. The molecule has 0 aliphatic rings. The number of aromatic nitrogens is 1. The van der Waals surface area contributed by atoms with Gasteiger partial charge in [0.1, 0.15) is 5.82 Å². The van der Waals surface area contributed by atoms with Gasteiger partial charge in [-0.2, -0.15) is 0 Å². The molecule has 0 saturated carbocycles. The maximum absolute atomic E-state index is 13.4. The van der Waals surface area contributed by atoms with Crippen LogP contribution in [-0.4, -0.2) is 10.5 Å². The van der Waals surface area contributed by atoms with Crippen LogP contribution in [0.25, 0.3) is 10.9 Å². The maximum atomic E-state index is 13.4. The van der Waals surface area contributed by atoms with Crippen LogP contribution < -0.4 is 5.32 Å². The van der Waals surface area contributed by atoms with E-state index in [2.05, 4.69) is 40.3 Å². The fourth-order valence-corrected chi connectivity index (χ4v) is 4.80. The Morgan fingerprint density at radius 1 is 0.750 bits per heavy atom. The topological polar surface area (TPSA) is 34.0 Å². The van der Waals surface area contributed by atoms with Gasteiger partial charge in [0.2, 0.25) is 5.91 Å². The van der Waals surface area contributed by atoms with E-state index in [1.165, 1.54) is 17.7 Å². The number of rotatable bonds is 9. The first-order valence-electron chi connectivity index (χ1n) is 12.3. The van der Waals surface area contributed by atoms with Crippen molar-refractivity contribution in [3.63, 3.8) is 0 Å². The highest BCUT2D eigenvalue weighted by molar-refractivity contribution is 5.86. The molecule has 0 saturated heterocycles. The van der Waals surface area contributed by atoms with E-state index in [9.17, 15) is 9.18 Å². The van der Waals surface area contributed by atoms with E-state index in [1.54, 1.807) is 0 Å². The molecule has 180 valence electrons. The highest BCUT2D eigenvalue weighted by atomic mass is 19.1. The molecule has 1 aromatic heterocycles. The highest BCUT2D eigenvalue weighted by Crippen LogP contribution is 2.33. The first-order valence-corrected chi connectivity index (χ1v) is 12.3. The van der Waals surface area contributed by atoms with Crippen molar-refractivity contribution in [2.24, 2.45) is 0 Å². The summed E-state index contributed by atoms with van der Waals surface area (Å²) in [4.78, 5) is 13.1. The highest BCUT2D eigenvalue weighted by Gasteiger charge is 2.21. The van der Waals surface area contributed by atoms with Crippen LogP contribution in [0, 0.1) is 5.82 Å². The number of benzene rings is 4. The number of nitrogens with zero attached hydrogens (tertiary/aromatic N) is 1. The van der Waals surface area contributed by atoms with Gasteiger partial charge < -0.3 is 9.88 Å². The van der Waals surface area contributed by atoms with Gasteiger partial charge in [0.05, 0.1) is 0 Å². The van der Waals surface area contributed by atoms with Crippen molar-refractivity contribution >= 4 is 16.8 Å². The molecule has 1 atom stereocenters. The second-order valence-corrected chi connectivity index (χ2v) is 9.21. The summed E-state index contributed by atoms with van der Waals surface area (Å²) in [6.45, 7) is 1.16. The number of hydrogen-bond donors (Lipinski definition) is 1. The normalized spacial score (nSPS) is 11.9. The summed E-state index contributed by atoms with van der Waals surface area (Å²) in [5.74, 6) is -0.182. The standard InChI is InChI=1S/C32H29FN2O/c33-28-17-15-26(16-18-28)22-35-23-30(29-13-7-8-14-31(29)35)27(19-24-9-3-1-4-10-24)20-32(36)34-21-25-11-5-2-6-12-25/h1-18,23,27H,19-22H2,(H,34,36)/t27-/m0/s1. The lowest BCUT2D eigenvalue weighted by atomic mass is 9.88. The van der Waals surface area contributed by atoms with Gasteiger partial charge in [0, 0.05) is 36.6 Å². The van der Waals surface area contributed by atoms with E-state index in [4.69, 9.17) is 0 Å². The van der Waals surface area contributed by atoms with Crippen LogP contribution in [-0.2, 0) is 24.3 Å². The van der Waals surface area contributed by atoms with Crippen molar-refractivity contribution in [3.05, 3.63) is 143 Å². The molecule has 1 amide bonds. The van der Waals surface area contributed by atoms with Gasteiger partial charge in [0.25, 0.3) is 0 Å². The van der Waals surface area contributed by atoms with Crippen molar-refractivity contribution in [1.82, 2.24) is 9.88 Å². The molecule has 0 unspecified atom stereocenters. The van der Waals surface area contributed by atoms with E-state index in [0.29, 0.717) is 19.5 Å². The van der Waals surface area contributed by atoms with Crippen LogP contribution >= 0.6 is 0 Å². The summed E-state index contributed by atoms with van der Waals surface area (Å²) in [5.41, 5.74) is 5.59. The van der Waals surface area contributed by atoms with E-state index >= 15 is 0 Å². The number of carbonyl (C=O) groups excluding carboxylic acids is 1. The minimum absolute atomic E-state index is 0.0162. The van der Waals surface area contributed by atoms with Gasteiger partial charge in [-0.15, -0.1) is 0 Å². The van der Waals surface area contributed by atoms with Gasteiger partial charge in [-0.25, -0.2) is 4.39 Å². The van der Waals surface area contributed by atoms with E-state index in [-0.39, 0.29) is 17.6 Å². The second-order valence-electron chi connectivity index (χ2n) is 9.21. The van der Waals surface area contributed by atoms with E-state index in [0.717, 1.165) is 34.0 Å². The van der Waals surface area contributed by atoms with E-state index in [1.807, 2.05) is 72.8 Å². The SMILES string of the molecule is O=C(C[C@H](Cc1ccccc1)c1cn(Cc2ccc(F)cc2)c2ccccc12)NCc1ccccc1. The Balaban J connectivity index is 1.44. The molecule has 0 aliphatic carbocycles. The lowest BCUT2D eigenvalue weighted by Gasteiger charge is -2.17. The third-order valence-electron chi connectivity index (χ3n) is 6.61. The predicted molar refractivity (Wildman–Crippen MR) is 143 cm³/mol. The predicted octanol–water partition coefficient (Wildman–Crippen LogP) is 6.86. The Labute approximate surface area is 211 Å². The molecule has 3 nitrogen and oxygen atoms in total. The molecule has 0 radical (unpaired) electrons. The Morgan fingerprint density at radius 3 is 2.11 bits per heavy atom. The zero-order valence-electron chi connectivity index (χ0n) is 20.1. The summed E-state index contributed by atoms with van der Waals surface area (Å²) in [6, 6.07) is 35.3. The number of nitrogens with one attached hydrogen (secondary N) is 1. The summed E-state index contributed by atoms with van der Waals surface area (Å²) in [6.07, 6.45) is 3.34. The second kappa shape index (κ2) is 11.0. The third-order valence-corrected chi connectivity index (χ3v) is 6.61. The van der Waals surface area contributed by atoms with Crippen molar-refractivity contribution in [3.8, 4) is 0 Å². The van der Waals surface area contributed by atoms with Gasteiger partial charge in [-0.05, 0) is 52.8 Å². The Kier molecular flexibility index (Phi) is 7.23. The smallest absolute Gasteiger partial charge is 0.220 e. The average Bonchev–Trinajstić information content (AvgIpc) is 3.28. The Morgan fingerprint density at radius 2 is 1.39 bits per heavy atom. The fraction of sp³-hybridized carbons (Fsp3) is 0.156. The molecule has 4 aromatic carbocycles. The molecule has 36 heavy (non-hydrogen) atoms. The number of halogens is 1. The van der Waals surface area contributed by atoms with Crippen LogP contribution in [0.4, 0.5) is 4.39 Å². The van der Waals surface area contributed by atoms with Crippen molar-refractivity contribution in [1.29, 1.82) is 0 Å². The number of amides is 1. The summed E-state index contributed by atoms with van der Waals surface area (Å²) >= 11 is 0. The zero-order chi connectivity index (χ0) is 24.7. The lowest BCUT2D eigenvalue weighted by Crippen LogP contribution is -2.25. The van der Waals surface area contributed by atoms with Crippen molar-refractivity contribution in [2.45, 2.75) is 31.8 Å². The lowest BCUT2D eigenvalue weighted by molar-refractivity contribution is -0.121. The summed E-state index contributed by atoms with van der Waals surface area (Å²) in [7, 11) is 0. The number of hydrogen-bond acceptors (Lipinski definition) is 1. The van der Waals surface area contributed by atoms with Crippen LogP contribution in [0.1, 0.15) is 34.6 Å². The molecule has 1 N–H and O–H groups in total. The minimum Gasteiger partial charge on any atom is -0.352 e. The first-order chi connectivity index (χ1) is 17.7. The van der Waals surface area contributed by atoms with Gasteiger partial charge in [-0.3, -0.25) is 4.79 Å². The molecule has 4 heteroatoms.